The summed E-state index contributed by atoms with van der Waals surface area (Å²) in [4.78, 5) is 0. The number of benzene rings is 2. The van der Waals surface area contributed by atoms with E-state index < -0.39 is 18.8 Å². The van der Waals surface area contributed by atoms with Gasteiger partial charge in [0.15, 0.2) is 0 Å². The van der Waals surface area contributed by atoms with Crippen molar-refractivity contribution in [2.24, 2.45) is 0 Å². The summed E-state index contributed by atoms with van der Waals surface area (Å²) in [6, 6.07) is 20.1. The topological polar surface area (TPSA) is 17.1 Å². The molecule has 1 nitrogen and oxygen atoms in total. The van der Waals surface area contributed by atoms with E-state index in [-0.39, 0.29) is 0 Å². The molecule has 0 aliphatic carbocycles. The summed E-state index contributed by atoms with van der Waals surface area (Å²) in [5.41, 5.74) is 0. The van der Waals surface area contributed by atoms with Crippen molar-refractivity contribution in [2.75, 3.05) is 0 Å². The zero-order chi connectivity index (χ0) is 12.8. The molecule has 2 aromatic rings. The molecule has 0 fully saturated rings. The van der Waals surface area contributed by atoms with Crippen molar-refractivity contribution >= 4 is 25.8 Å². The second-order valence-electron chi connectivity index (χ2n) is 4.49. The fraction of sp³-hybridized carbons (Fsp3) is 0.250. The van der Waals surface area contributed by atoms with Crippen LogP contribution in [0, 0.1) is 0 Å². The number of unbranched alkanes of at least 4 members (excludes halogenated alkanes) is 1. The van der Waals surface area contributed by atoms with Gasteiger partial charge in [0.05, 0.1) is 0 Å². The van der Waals surface area contributed by atoms with Crippen LogP contribution >= 0.6 is 0 Å². The van der Waals surface area contributed by atoms with Crippen LogP contribution in [-0.4, -0.2) is 18.8 Å². The minimum absolute atomic E-state index is 0.850. The molecule has 0 aromatic heterocycles. The van der Waals surface area contributed by atoms with Crippen molar-refractivity contribution < 1.29 is 3.02 Å². The monoisotopic (exact) mass is 348 g/mol. The van der Waals surface area contributed by atoms with Gasteiger partial charge in [0.1, 0.15) is 0 Å². The van der Waals surface area contributed by atoms with Crippen molar-refractivity contribution in [1.82, 2.24) is 0 Å². The summed E-state index contributed by atoms with van der Waals surface area (Å²) in [7, 11) is 0. The summed E-state index contributed by atoms with van der Waals surface area (Å²) in [5.74, 6) is 0. The van der Waals surface area contributed by atoms with Crippen molar-refractivity contribution in [3.63, 3.8) is 0 Å². The van der Waals surface area contributed by atoms with Gasteiger partial charge in [-0.05, 0) is 0 Å². The van der Waals surface area contributed by atoms with E-state index in [2.05, 4.69) is 6.92 Å². The molecule has 0 N–H and O–H groups in total. The molecule has 2 rings (SSSR count). The molecule has 18 heavy (non-hydrogen) atoms. The minimum atomic E-state index is -3.50. The summed E-state index contributed by atoms with van der Waals surface area (Å²) in [6.45, 7) is 2.15. The average molecular weight is 349 g/mol. The summed E-state index contributed by atoms with van der Waals surface area (Å²) in [6.07, 6.45) is 2.14. The van der Waals surface area contributed by atoms with E-state index in [1.807, 2.05) is 60.7 Å². The predicted octanol–water partition coefficient (Wildman–Crippen LogP) is 2.98. The Kier molecular flexibility index (Phi) is 4.71. The zero-order valence-electron chi connectivity index (χ0n) is 10.8. The third kappa shape index (κ3) is 2.90. The van der Waals surface area contributed by atoms with Crippen LogP contribution in [0.15, 0.2) is 60.7 Å². The van der Waals surface area contributed by atoms with Gasteiger partial charge in [-0.2, -0.15) is 0 Å². The normalized spacial score (nSPS) is 11.4. The Bertz CT molecular complexity index is 476. The maximum atomic E-state index is 13.5. The van der Waals surface area contributed by atoms with Gasteiger partial charge in [-0.1, -0.05) is 0 Å². The standard InChI is InChI=1S/2C6H5.C4H9.O.Sb/c2*1-2-4-6-5-3-1;1-3-4-2;;/h2*1-5H;1,3-4H2,2H3;;. The summed E-state index contributed by atoms with van der Waals surface area (Å²) >= 11 is -3.50. The quantitative estimate of drug-likeness (QED) is 0.759. The zero-order valence-corrected chi connectivity index (χ0v) is 13.3. The Morgan fingerprint density at radius 2 is 1.28 bits per heavy atom. The third-order valence-corrected chi connectivity index (χ3v) is 12.3. The predicted molar refractivity (Wildman–Crippen MR) is 78.3 cm³/mol. The third-order valence-electron chi connectivity index (χ3n) is 3.17. The SMILES string of the molecule is CCC[CH2][Sb](=[O])([c]1ccccc1)[c]1ccccc1. The van der Waals surface area contributed by atoms with Gasteiger partial charge in [0.2, 0.25) is 0 Å². The van der Waals surface area contributed by atoms with Gasteiger partial charge < -0.3 is 0 Å². The number of hydrogen-bond donors (Lipinski definition) is 0. The molecule has 0 spiro atoms. The van der Waals surface area contributed by atoms with Gasteiger partial charge in [0.25, 0.3) is 0 Å². The molecular weight excluding hydrogens is 330 g/mol. The Morgan fingerprint density at radius 1 is 0.833 bits per heavy atom. The molecule has 0 radical (unpaired) electrons. The first kappa shape index (κ1) is 13.5. The van der Waals surface area contributed by atoms with Crippen molar-refractivity contribution in [3.8, 4) is 0 Å². The Labute approximate surface area is 113 Å². The van der Waals surface area contributed by atoms with E-state index in [0.717, 1.165) is 24.2 Å². The second-order valence-corrected chi connectivity index (χ2v) is 12.9. The second kappa shape index (κ2) is 6.29. The molecule has 2 aromatic carbocycles. The van der Waals surface area contributed by atoms with Crippen LogP contribution in [0.1, 0.15) is 19.8 Å². The number of rotatable bonds is 5. The molecule has 0 aliphatic rings. The first-order valence-corrected chi connectivity index (χ1v) is 11.9. The van der Waals surface area contributed by atoms with E-state index in [1.54, 1.807) is 0 Å². The fourth-order valence-electron chi connectivity index (χ4n) is 2.13. The first-order valence-electron chi connectivity index (χ1n) is 6.47. The Hall–Kier alpha value is -0.942. The van der Waals surface area contributed by atoms with Crippen molar-refractivity contribution in [2.45, 2.75) is 24.1 Å². The molecule has 2 heteroatoms. The Morgan fingerprint density at radius 3 is 1.67 bits per heavy atom. The molecular formula is C16H19OSb. The van der Waals surface area contributed by atoms with Crippen LogP contribution in [0.25, 0.3) is 0 Å². The van der Waals surface area contributed by atoms with Crippen LogP contribution in [-0.2, 0) is 3.02 Å². The van der Waals surface area contributed by atoms with Crippen LogP contribution in [0.3, 0.4) is 0 Å². The molecule has 0 atom stereocenters. The van der Waals surface area contributed by atoms with Gasteiger partial charge in [-0.15, -0.1) is 0 Å². The van der Waals surface area contributed by atoms with E-state index in [4.69, 9.17) is 0 Å². The van der Waals surface area contributed by atoms with Crippen LogP contribution in [0.2, 0.25) is 4.37 Å². The average Bonchev–Trinajstić information content (AvgIpc) is 2.46. The molecule has 0 saturated heterocycles. The molecule has 94 valence electrons. The van der Waals surface area contributed by atoms with Crippen LogP contribution in [0.5, 0.6) is 0 Å². The fourth-order valence-corrected chi connectivity index (χ4v) is 10.4. The maximum absolute atomic E-state index is 13.5. The van der Waals surface area contributed by atoms with Crippen LogP contribution in [0.4, 0.5) is 0 Å². The van der Waals surface area contributed by atoms with Crippen LogP contribution < -0.4 is 7.02 Å². The van der Waals surface area contributed by atoms with Gasteiger partial charge >= 0.3 is 114 Å². The van der Waals surface area contributed by atoms with E-state index in [9.17, 15) is 3.02 Å². The van der Waals surface area contributed by atoms with E-state index >= 15 is 0 Å². The van der Waals surface area contributed by atoms with Crippen molar-refractivity contribution in [1.29, 1.82) is 0 Å². The van der Waals surface area contributed by atoms with E-state index in [1.165, 1.54) is 0 Å². The molecule has 0 aliphatic heterocycles. The molecule has 0 bridgehead atoms. The summed E-state index contributed by atoms with van der Waals surface area (Å²) < 4.78 is 16.4. The molecule has 0 heterocycles. The molecule has 0 saturated carbocycles. The van der Waals surface area contributed by atoms with Crippen molar-refractivity contribution in [3.05, 3.63) is 60.7 Å². The van der Waals surface area contributed by atoms with Gasteiger partial charge in [-0.25, -0.2) is 0 Å². The van der Waals surface area contributed by atoms with E-state index in [0.29, 0.717) is 0 Å². The number of hydrogen-bond acceptors (Lipinski definition) is 1. The first-order chi connectivity index (χ1) is 8.77. The Balaban J connectivity index is 2.45. The van der Waals surface area contributed by atoms with Gasteiger partial charge in [0, 0.05) is 0 Å². The molecule has 0 amide bonds. The molecule has 0 unspecified atom stereocenters. The van der Waals surface area contributed by atoms with Gasteiger partial charge in [-0.3, -0.25) is 0 Å². The summed E-state index contributed by atoms with van der Waals surface area (Å²) in [5, 5.41) is 0.